The van der Waals surface area contributed by atoms with Crippen molar-refractivity contribution in [3.05, 3.63) is 34.9 Å². The Morgan fingerprint density at radius 2 is 2.12 bits per heavy atom. The van der Waals surface area contributed by atoms with Gasteiger partial charge in [0.1, 0.15) is 0 Å². The summed E-state index contributed by atoms with van der Waals surface area (Å²) in [5, 5.41) is 6.97. The molecule has 2 heterocycles. The van der Waals surface area contributed by atoms with Gasteiger partial charge in [-0.1, -0.05) is 0 Å². The van der Waals surface area contributed by atoms with E-state index in [4.69, 9.17) is 12.2 Å². The highest BCUT2D eigenvalue weighted by atomic mass is 32.1. The standard InChI is InChI=1S/C11H15N5S/c1-15(10-13-14-11(17)16(10)2)8-5-9-3-6-12-7-4-9/h3-4,6-7H,5,8H2,1-2H3,(H,14,17). The van der Waals surface area contributed by atoms with Crippen LogP contribution in [0.3, 0.4) is 0 Å². The minimum Gasteiger partial charge on any atom is -0.344 e. The second kappa shape index (κ2) is 5.09. The summed E-state index contributed by atoms with van der Waals surface area (Å²) in [6.45, 7) is 0.886. The van der Waals surface area contributed by atoms with Crippen LogP contribution in [0.2, 0.25) is 0 Å². The van der Waals surface area contributed by atoms with Gasteiger partial charge in [0.15, 0.2) is 4.77 Å². The Bertz CT molecular complexity index is 530. The van der Waals surface area contributed by atoms with Gasteiger partial charge in [-0.25, -0.2) is 5.10 Å². The molecule has 0 radical (unpaired) electrons. The van der Waals surface area contributed by atoms with Gasteiger partial charge in [-0.05, 0) is 36.3 Å². The van der Waals surface area contributed by atoms with Crippen molar-refractivity contribution in [3.63, 3.8) is 0 Å². The van der Waals surface area contributed by atoms with Crippen LogP contribution >= 0.6 is 12.2 Å². The van der Waals surface area contributed by atoms with Crippen molar-refractivity contribution < 1.29 is 0 Å². The van der Waals surface area contributed by atoms with Crippen LogP contribution in [0, 0.1) is 4.77 Å². The summed E-state index contributed by atoms with van der Waals surface area (Å²) < 4.78 is 2.50. The van der Waals surface area contributed by atoms with Crippen LogP contribution in [0.15, 0.2) is 24.5 Å². The summed E-state index contributed by atoms with van der Waals surface area (Å²) in [6, 6.07) is 4.05. The topological polar surface area (TPSA) is 49.7 Å². The fourth-order valence-corrected chi connectivity index (χ4v) is 1.75. The summed E-state index contributed by atoms with van der Waals surface area (Å²) in [5.74, 6) is 0.851. The predicted molar refractivity (Wildman–Crippen MR) is 69.6 cm³/mol. The van der Waals surface area contributed by atoms with Crippen molar-refractivity contribution in [2.75, 3.05) is 18.5 Å². The number of rotatable bonds is 4. The van der Waals surface area contributed by atoms with Crippen LogP contribution in [0.25, 0.3) is 0 Å². The molecule has 0 aliphatic heterocycles. The zero-order chi connectivity index (χ0) is 12.3. The number of hydrogen-bond donors (Lipinski definition) is 1. The van der Waals surface area contributed by atoms with Gasteiger partial charge in [0, 0.05) is 33.0 Å². The summed E-state index contributed by atoms with van der Waals surface area (Å²) in [7, 11) is 3.91. The van der Waals surface area contributed by atoms with E-state index in [1.165, 1.54) is 5.56 Å². The molecule has 90 valence electrons. The van der Waals surface area contributed by atoms with E-state index in [1.807, 2.05) is 43.2 Å². The van der Waals surface area contributed by atoms with E-state index in [0.29, 0.717) is 4.77 Å². The molecular weight excluding hydrogens is 234 g/mol. The van der Waals surface area contributed by atoms with Crippen molar-refractivity contribution in [1.82, 2.24) is 19.7 Å². The number of aromatic amines is 1. The first-order valence-corrected chi connectivity index (χ1v) is 5.81. The number of anilines is 1. The number of nitrogens with one attached hydrogen (secondary N) is 1. The molecule has 1 N–H and O–H groups in total. The fourth-order valence-electron chi connectivity index (χ4n) is 1.63. The van der Waals surface area contributed by atoms with Crippen molar-refractivity contribution >= 4 is 18.2 Å². The molecule has 0 bridgehead atoms. The molecule has 0 atom stereocenters. The third-order valence-corrected chi connectivity index (χ3v) is 3.05. The summed E-state index contributed by atoms with van der Waals surface area (Å²) in [5.41, 5.74) is 1.27. The maximum Gasteiger partial charge on any atom is 0.225 e. The lowest BCUT2D eigenvalue weighted by Crippen LogP contribution is -2.23. The minimum atomic E-state index is 0.635. The van der Waals surface area contributed by atoms with Crippen molar-refractivity contribution in [1.29, 1.82) is 0 Å². The quantitative estimate of drug-likeness (QED) is 0.835. The highest BCUT2D eigenvalue weighted by molar-refractivity contribution is 7.71. The first-order valence-electron chi connectivity index (χ1n) is 5.40. The van der Waals surface area contributed by atoms with Gasteiger partial charge in [0.2, 0.25) is 5.95 Å². The van der Waals surface area contributed by atoms with E-state index < -0.39 is 0 Å². The first kappa shape index (κ1) is 11.8. The van der Waals surface area contributed by atoms with Crippen molar-refractivity contribution in [2.24, 2.45) is 7.05 Å². The average molecular weight is 249 g/mol. The largest absolute Gasteiger partial charge is 0.344 e. The number of hydrogen-bond acceptors (Lipinski definition) is 4. The highest BCUT2D eigenvalue weighted by Gasteiger charge is 2.07. The number of aromatic nitrogens is 4. The summed E-state index contributed by atoms with van der Waals surface area (Å²) in [4.78, 5) is 6.08. The maximum absolute atomic E-state index is 5.08. The molecule has 0 fully saturated rings. The Balaban J connectivity index is 2.01. The molecule has 0 aliphatic carbocycles. The van der Waals surface area contributed by atoms with E-state index >= 15 is 0 Å². The summed E-state index contributed by atoms with van der Waals surface area (Å²) >= 11 is 5.08. The second-order valence-corrected chi connectivity index (χ2v) is 4.30. The molecule has 0 unspecified atom stereocenters. The minimum absolute atomic E-state index is 0.635. The van der Waals surface area contributed by atoms with Gasteiger partial charge in [-0.2, -0.15) is 0 Å². The smallest absolute Gasteiger partial charge is 0.225 e. The molecule has 0 saturated heterocycles. The van der Waals surface area contributed by atoms with E-state index in [1.54, 1.807) is 0 Å². The maximum atomic E-state index is 5.08. The lowest BCUT2D eigenvalue weighted by atomic mass is 10.2. The van der Waals surface area contributed by atoms with Gasteiger partial charge in [0.05, 0.1) is 0 Å². The Morgan fingerprint density at radius 1 is 1.41 bits per heavy atom. The lowest BCUT2D eigenvalue weighted by molar-refractivity contribution is 0.788. The van der Waals surface area contributed by atoms with Crippen LogP contribution < -0.4 is 4.90 Å². The normalized spacial score (nSPS) is 10.5. The average Bonchev–Trinajstić information content (AvgIpc) is 2.69. The van der Waals surface area contributed by atoms with Crippen LogP contribution in [0.4, 0.5) is 5.95 Å². The molecule has 2 aromatic heterocycles. The second-order valence-electron chi connectivity index (χ2n) is 3.91. The molecule has 2 rings (SSSR count). The fraction of sp³-hybridized carbons (Fsp3) is 0.364. The van der Waals surface area contributed by atoms with Gasteiger partial charge in [-0.3, -0.25) is 9.55 Å². The van der Waals surface area contributed by atoms with Crippen LogP contribution in [-0.4, -0.2) is 33.3 Å². The van der Waals surface area contributed by atoms with Gasteiger partial charge >= 0.3 is 0 Å². The monoisotopic (exact) mass is 249 g/mol. The molecule has 0 spiro atoms. The van der Waals surface area contributed by atoms with Gasteiger partial charge in [-0.15, -0.1) is 5.10 Å². The van der Waals surface area contributed by atoms with Crippen molar-refractivity contribution in [3.8, 4) is 0 Å². The molecule has 2 aromatic rings. The molecule has 0 aromatic carbocycles. The molecular formula is C11H15N5S. The highest BCUT2D eigenvalue weighted by Crippen LogP contribution is 2.08. The van der Waals surface area contributed by atoms with E-state index in [-0.39, 0.29) is 0 Å². The molecule has 0 amide bonds. The zero-order valence-electron chi connectivity index (χ0n) is 9.92. The zero-order valence-corrected chi connectivity index (χ0v) is 10.7. The number of likely N-dealkylation sites (N-methyl/N-ethyl adjacent to an activating group) is 1. The first-order chi connectivity index (χ1) is 8.18. The number of nitrogens with zero attached hydrogens (tertiary/aromatic N) is 4. The molecule has 0 saturated carbocycles. The number of H-pyrrole nitrogens is 1. The van der Waals surface area contributed by atoms with E-state index in [2.05, 4.69) is 20.1 Å². The van der Waals surface area contributed by atoms with Crippen molar-refractivity contribution in [2.45, 2.75) is 6.42 Å². The molecule has 0 aliphatic rings. The number of pyridine rings is 1. The van der Waals surface area contributed by atoms with Gasteiger partial charge < -0.3 is 4.90 Å². The molecule has 6 heteroatoms. The lowest BCUT2D eigenvalue weighted by Gasteiger charge is -2.17. The van der Waals surface area contributed by atoms with Gasteiger partial charge in [0.25, 0.3) is 0 Å². The predicted octanol–water partition coefficient (Wildman–Crippen LogP) is 1.55. The Kier molecular flexibility index (Phi) is 3.53. The third kappa shape index (κ3) is 2.71. The van der Waals surface area contributed by atoms with Crippen LogP contribution in [-0.2, 0) is 13.5 Å². The Labute approximate surface area is 105 Å². The van der Waals surface area contributed by atoms with E-state index in [9.17, 15) is 0 Å². The third-order valence-electron chi connectivity index (χ3n) is 2.68. The SMILES string of the molecule is CN(CCc1ccncc1)c1n[nH]c(=S)n1C. The van der Waals surface area contributed by atoms with Crippen LogP contribution in [0.1, 0.15) is 5.56 Å². The molecule has 5 nitrogen and oxygen atoms in total. The summed E-state index contributed by atoms with van der Waals surface area (Å²) in [6.07, 6.45) is 4.58. The van der Waals surface area contributed by atoms with Crippen LogP contribution in [0.5, 0.6) is 0 Å². The van der Waals surface area contributed by atoms with E-state index in [0.717, 1.165) is 18.9 Å². The Hall–Kier alpha value is -1.69. The Morgan fingerprint density at radius 3 is 2.71 bits per heavy atom. The molecule has 17 heavy (non-hydrogen) atoms.